The highest BCUT2D eigenvalue weighted by molar-refractivity contribution is 5.91. The van der Waals surface area contributed by atoms with Crippen molar-refractivity contribution in [2.75, 3.05) is 40.3 Å². The Morgan fingerprint density at radius 1 is 0.882 bits per heavy atom. The van der Waals surface area contributed by atoms with Crippen molar-refractivity contribution in [3.63, 3.8) is 0 Å². The van der Waals surface area contributed by atoms with E-state index in [1.807, 2.05) is 42.5 Å². The molecule has 2 atom stereocenters. The lowest BCUT2D eigenvalue weighted by atomic mass is 10.0. The lowest BCUT2D eigenvalue weighted by Gasteiger charge is -2.27. The van der Waals surface area contributed by atoms with Gasteiger partial charge >= 0.3 is 0 Å². The number of hydrogen-bond donors (Lipinski definition) is 0. The number of para-hydroxylation sites is 1. The smallest absolute Gasteiger partial charge is 0.188 e. The molecule has 0 amide bonds. The Morgan fingerprint density at radius 3 is 2.56 bits per heavy atom. The first-order valence-corrected chi connectivity index (χ1v) is 12.0. The van der Waals surface area contributed by atoms with E-state index in [0.29, 0.717) is 19.8 Å². The zero-order valence-corrected chi connectivity index (χ0v) is 19.8. The SMILES string of the molecule is COCOc1cccc2c(CCOCC(COc3ccccc3)OC3CCCCO3)cccc12. The van der Waals surface area contributed by atoms with Gasteiger partial charge in [-0.1, -0.05) is 48.5 Å². The van der Waals surface area contributed by atoms with Gasteiger partial charge in [-0.15, -0.1) is 0 Å². The molecule has 6 heteroatoms. The Kier molecular flexibility index (Phi) is 9.58. The van der Waals surface area contributed by atoms with Gasteiger partial charge in [0, 0.05) is 19.1 Å². The molecule has 2 unspecified atom stereocenters. The van der Waals surface area contributed by atoms with Crippen LogP contribution >= 0.6 is 0 Å². The van der Waals surface area contributed by atoms with Crippen LogP contribution in [-0.4, -0.2) is 52.7 Å². The summed E-state index contributed by atoms with van der Waals surface area (Å²) in [4.78, 5) is 0. The van der Waals surface area contributed by atoms with Crippen LogP contribution in [0.3, 0.4) is 0 Å². The maximum absolute atomic E-state index is 6.19. The van der Waals surface area contributed by atoms with Crippen LogP contribution in [0.5, 0.6) is 11.5 Å². The Hall–Kier alpha value is -2.64. The molecule has 182 valence electrons. The van der Waals surface area contributed by atoms with E-state index in [-0.39, 0.29) is 19.2 Å². The van der Waals surface area contributed by atoms with Crippen molar-refractivity contribution in [2.45, 2.75) is 38.1 Å². The van der Waals surface area contributed by atoms with Gasteiger partial charge < -0.3 is 28.4 Å². The lowest BCUT2D eigenvalue weighted by Crippen LogP contribution is -2.34. The molecule has 1 aliphatic heterocycles. The largest absolute Gasteiger partial charge is 0.491 e. The van der Waals surface area contributed by atoms with Gasteiger partial charge in [-0.05, 0) is 54.8 Å². The van der Waals surface area contributed by atoms with E-state index in [4.69, 9.17) is 28.4 Å². The summed E-state index contributed by atoms with van der Waals surface area (Å²) in [5.41, 5.74) is 1.22. The van der Waals surface area contributed by atoms with Crippen LogP contribution in [0, 0.1) is 0 Å². The van der Waals surface area contributed by atoms with Gasteiger partial charge in [0.15, 0.2) is 13.1 Å². The summed E-state index contributed by atoms with van der Waals surface area (Å²) in [6.07, 6.45) is 3.51. The third-order valence-corrected chi connectivity index (χ3v) is 5.79. The number of hydrogen-bond acceptors (Lipinski definition) is 6. The Morgan fingerprint density at radius 2 is 1.74 bits per heavy atom. The van der Waals surface area contributed by atoms with Crippen LogP contribution in [-0.2, 0) is 25.4 Å². The second-order valence-corrected chi connectivity index (χ2v) is 8.32. The summed E-state index contributed by atoms with van der Waals surface area (Å²) in [5.74, 6) is 1.64. The molecule has 0 N–H and O–H groups in total. The zero-order chi connectivity index (χ0) is 23.4. The van der Waals surface area contributed by atoms with Crippen LogP contribution in [0.1, 0.15) is 24.8 Å². The first-order valence-electron chi connectivity index (χ1n) is 12.0. The fourth-order valence-corrected chi connectivity index (χ4v) is 4.08. The summed E-state index contributed by atoms with van der Waals surface area (Å²) < 4.78 is 34.7. The molecule has 34 heavy (non-hydrogen) atoms. The van der Waals surface area contributed by atoms with Gasteiger partial charge in [0.1, 0.15) is 24.2 Å². The van der Waals surface area contributed by atoms with Gasteiger partial charge in [-0.2, -0.15) is 0 Å². The number of benzene rings is 3. The van der Waals surface area contributed by atoms with Gasteiger partial charge in [0.05, 0.1) is 13.2 Å². The molecule has 0 bridgehead atoms. The molecule has 1 aliphatic rings. The summed E-state index contributed by atoms with van der Waals surface area (Å²) in [5, 5.41) is 2.24. The molecule has 0 saturated carbocycles. The molecule has 3 aromatic carbocycles. The van der Waals surface area contributed by atoms with E-state index in [9.17, 15) is 0 Å². The monoisotopic (exact) mass is 466 g/mol. The average Bonchev–Trinajstić information content (AvgIpc) is 2.89. The standard InChI is InChI=1S/C28H34O6/c1-29-21-33-27-14-8-12-25-22(9-7-13-26(25)27)16-18-30-19-24(34-28-15-5-6-17-31-28)20-32-23-10-3-2-4-11-23/h2-4,7-14,24,28H,5-6,15-21H2,1H3. The second-order valence-electron chi connectivity index (χ2n) is 8.32. The predicted molar refractivity (Wildman–Crippen MR) is 131 cm³/mol. The van der Waals surface area contributed by atoms with Gasteiger partial charge in [-0.3, -0.25) is 0 Å². The van der Waals surface area contributed by atoms with E-state index in [1.165, 1.54) is 5.56 Å². The lowest BCUT2D eigenvalue weighted by molar-refractivity contribution is -0.203. The Labute approximate surface area is 201 Å². The highest BCUT2D eigenvalue weighted by atomic mass is 16.7. The molecule has 0 spiro atoms. The molecule has 0 aliphatic carbocycles. The van der Waals surface area contributed by atoms with Crippen LogP contribution in [0.15, 0.2) is 66.7 Å². The van der Waals surface area contributed by atoms with Crippen molar-refractivity contribution in [3.05, 3.63) is 72.3 Å². The van der Waals surface area contributed by atoms with Crippen molar-refractivity contribution in [1.82, 2.24) is 0 Å². The molecule has 1 saturated heterocycles. The van der Waals surface area contributed by atoms with Gasteiger partial charge in [-0.25, -0.2) is 0 Å². The first-order chi connectivity index (χ1) is 16.8. The maximum atomic E-state index is 6.19. The van der Waals surface area contributed by atoms with Crippen molar-refractivity contribution in [2.24, 2.45) is 0 Å². The zero-order valence-electron chi connectivity index (χ0n) is 19.8. The average molecular weight is 467 g/mol. The minimum Gasteiger partial charge on any atom is -0.491 e. The molecule has 3 aromatic rings. The van der Waals surface area contributed by atoms with E-state index in [2.05, 4.69) is 24.3 Å². The van der Waals surface area contributed by atoms with E-state index in [1.54, 1.807) is 7.11 Å². The highest BCUT2D eigenvalue weighted by Crippen LogP contribution is 2.28. The maximum Gasteiger partial charge on any atom is 0.188 e. The van der Waals surface area contributed by atoms with Gasteiger partial charge in [0.25, 0.3) is 0 Å². The number of rotatable bonds is 13. The van der Waals surface area contributed by atoms with E-state index in [0.717, 1.165) is 54.6 Å². The summed E-state index contributed by atoms with van der Waals surface area (Å²) in [6.45, 7) is 2.41. The molecule has 0 radical (unpaired) electrons. The van der Waals surface area contributed by atoms with Crippen molar-refractivity contribution < 1.29 is 28.4 Å². The van der Waals surface area contributed by atoms with Crippen LogP contribution in [0.4, 0.5) is 0 Å². The molecular weight excluding hydrogens is 432 g/mol. The fraction of sp³-hybridized carbons (Fsp3) is 0.429. The summed E-state index contributed by atoms with van der Waals surface area (Å²) in [7, 11) is 1.62. The third kappa shape index (κ3) is 7.18. The van der Waals surface area contributed by atoms with Gasteiger partial charge in [0.2, 0.25) is 0 Å². The topological polar surface area (TPSA) is 55.4 Å². The minimum absolute atomic E-state index is 0.190. The first kappa shape index (κ1) is 24.5. The van der Waals surface area contributed by atoms with Crippen LogP contribution in [0.25, 0.3) is 10.8 Å². The number of methoxy groups -OCH3 is 1. The Bertz CT molecular complexity index is 987. The third-order valence-electron chi connectivity index (χ3n) is 5.79. The Balaban J connectivity index is 1.32. The number of fused-ring (bicyclic) bond motifs is 1. The molecule has 0 aromatic heterocycles. The minimum atomic E-state index is -0.204. The molecular formula is C28H34O6. The molecule has 1 heterocycles. The van der Waals surface area contributed by atoms with Crippen molar-refractivity contribution >= 4 is 10.8 Å². The summed E-state index contributed by atoms with van der Waals surface area (Å²) >= 11 is 0. The van der Waals surface area contributed by atoms with Crippen molar-refractivity contribution in [3.8, 4) is 11.5 Å². The summed E-state index contributed by atoms with van der Waals surface area (Å²) in [6, 6.07) is 22.1. The molecule has 1 fully saturated rings. The molecule has 6 nitrogen and oxygen atoms in total. The fourth-order valence-electron chi connectivity index (χ4n) is 4.08. The number of ether oxygens (including phenoxy) is 6. The highest BCUT2D eigenvalue weighted by Gasteiger charge is 2.21. The molecule has 4 rings (SSSR count). The normalized spacial score (nSPS) is 16.9. The van der Waals surface area contributed by atoms with E-state index < -0.39 is 0 Å². The second kappa shape index (κ2) is 13.3. The predicted octanol–water partition coefficient (Wildman–Crippen LogP) is 5.37. The quantitative estimate of drug-likeness (QED) is 0.249. The van der Waals surface area contributed by atoms with E-state index >= 15 is 0 Å². The van der Waals surface area contributed by atoms with Crippen molar-refractivity contribution in [1.29, 1.82) is 0 Å². The van der Waals surface area contributed by atoms with Crippen LogP contribution < -0.4 is 9.47 Å². The van der Waals surface area contributed by atoms with Crippen LogP contribution in [0.2, 0.25) is 0 Å².